The summed E-state index contributed by atoms with van der Waals surface area (Å²) in [5.41, 5.74) is 8.29. The number of aromatic nitrogens is 3. The maximum atomic E-state index is 6.38. The van der Waals surface area contributed by atoms with E-state index in [2.05, 4.69) is 41.5 Å². The predicted octanol–water partition coefficient (Wildman–Crippen LogP) is 2.18. The molecule has 8 heteroatoms. The summed E-state index contributed by atoms with van der Waals surface area (Å²) in [4.78, 5) is 6.87. The van der Waals surface area contributed by atoms with Gasteiger partial charge in [0.15, 0.2) is 5.82 Å². The topological polar surface area (TPSA) is 77.2 Å². The molecular weight excluding hydrogens is 366 g/mol. The maximum absolute atomic E-state index is 6.38. The smallest absolute Gasteiger partial charge is 0.158 e. The van der Waals surface area contributed by atoms with Crippen LogP contribution in [-0.4, -0.2) is 45.6 Å². The molecule has 2 atom stereocenters. The Bertz CT molecular complexity index is 700. The first-order valence-electron chi connectivity index (χ1n) is 7.50. The van der Waals surface area contributed by atoms with E-state index in [9.17, 15) is 0 Å². The molecule has 0 amide bonds. The molecule has 2 aromatic rings. The molecule has 2 aliphatic heterocycles. The SMILES string of the molecule is C[C@@H]1OCC2(CCN(c3ncc(Br)c4nsnc34)CC2)[C@@H]1N. The molecule has 118 valence electrons. The Balaban J connectivity index is 1.59. The molecule has 4 heterocycles. The molecule has 2 N–H and O–H groups in total. The van der Waals surface area contributed by atoms with Gasteiger partial charge in [0.2, 0.25) is 0 Å². The van der Waals surface area contributed by atoms with Gasteiger partial charge in [0.1, 0.15) is 11.0 Å². The monoisotopic (exact) mass is 383 g/mol. The van der Waals surface area contributed by atoms with Crippen molar-refractivity contribution in [1.82, 2.24) is 13.7 Å². The highest BCUT2D eigenvalue weighted by Crippen LogP contribution is 2.42. The highest BCUT2D eigenvalue weighted by Gasteiger charge is 2.47. The highest BCUT2D eigenvalue weighted by molar-refractivity contribution is 9.10. The van der Waals surface area contributed by atoms with Crippen LogP contribution in [0.5, 0.6) is 0 Å². The van der Waals surface area contributed by atoms with Crippen molar-refractivity contribution in [3.05, 3.63) is 10.7 Å². The highest BCUT2D eigenvalue weighted by atomic mass is 79.9. The minimum absolute atomic E-state index is 0.130. The zero-order valence-electron chi connectivity index (χ0n) is 12.3. The average molecular weight is 384 g/mol. The Hall–Kier alpha value is -0.830. The lowest BCUT2D eigenvalue weighted by molar-refractivity contribution is 0.0974. The Morgan fingerprint density at radius 3 is 2.77 bits per heavy atom. The minimum Gasteiger partial charge on any atom is -0.376 e. The second-order valence-electron chi connectivity index (χ2n) is 6.28. The fraction of sp³-hybridized carbons (Fsp3) is 0.643. The summed E-state index contributed by atoms with van der Waals surface area (Å²) in [6.45, 7) is 4.73. The molecule has 0 radical (unpaired) electrons. The molecule has 2 aliphatic rings. The molecule has 2 aromatic heterocycles. The number of halogens is 1. The van der Waals surface area contributed by atoms with Crippen LogP contribution in [0.4, 0.5) is 5.82 Å². The fourth-order valence-electron chi connectivity index (χ4n) is 3.60. The summed E-state index contributed by atoms with van der Waals surface area (Å²) >= 11 is 4.72. The van der Waals surface area contributed by atoms with Crippen LogP contribution in [0.15, 0.2) is 10.7 Å². The average Bonchev–Trinajstić information content (AvgIpc) is 3.12. The van der Waals surface area contributed by atoms with Gasteiger partial charge in [-0.05, 0) is 35.7 Å². The van der Waals surface area contributed by atoms with Gasteiger partial charge in [-0.25, -0.2) is 4.98 Å². The van der Waals surface area contributed by atoms with Gasteiger partial charge in [-0.3, -0.25) is 0 Å². The third kappa shape index (κ3) is 2.16. The summed E-state index contributed by atoms with van der Waals surface area (Å²) < 4.78 is 15.4. The minimum atomic E-state index is 0.130. The quantitative estimate of drug-likeness (QED) is 0.812. The number of nitrogens with two attached hydrogens (primary N) is 1. The van der Waals surface area contributed by atoms with E-state index in [1.165, 1.54) is 11.7 Å². The third-order valence-electron chi connectivity index (χ3n) is 5.13. The molecule has 4 rings (SSSR count). The van der Waals surface area contributed by atoms with E-state index in [0.717, 1.165) is 53.9 Å². The van der Waals surface area contributed by atoms with E-state index >= 15 is 0 Å². The number of pyridine rings is 1. The molecule has 2 saturated heterocycles. The summed E-state index contributed by atoms with van der Waals surface area (Å²) in [6, 6.07) is 0.133. The standard InChI is InChI=1S/C14H18BrN5OS/c1-8-12(16)14(7-21-8)2-4-20(5-3-14)13-11-10(18-22-19-11)9(15)6-17-13/h6,8,12H,2-5,7,16H2,1H3/t8-,12+/m0/s1. The van der Waals surface area contributed by atoms with E-state index in [-0.39, 0.29) is 17.6 Å². The van der Waals surface area contributed by atoms with Crippen molar-refractivity contribution in [1.29, 1.82) is 0 Å². The number of hydrogen-bond acceptors (Lipinski definition) is 7. The zero-order chi connectivity index (χ0) is 15.3. The number of ether oxygens (including phenoxy) is 1. The maximum Gasteiger partial charge on any atom is 0.158 e. The normalized spacial score (nSPS) is 27.9. The molecule has 0 saturated carbocycles. The molecule has 1 spiro atoms. The summed E-state index contributed by atoms with van der Waals surface area (Å²) in [5, 5.41) is 0. The predicted molar refractivity (Wildman–Crippen MR) is 90.2 cm³/mol. The number of rotatable bonds is 1. The molecule has 22 heavy (non-hydrogen) atoms. The van der Waals surface area contributed by atoms with Crippen LogP contribution in [0.25, 0.3) is 11.0 Å². The fourth-order valence-corrected chi connectivity index (χ4v) is 4.65. The third-order valence-corrected chi connectivity index (χ3v) is 6.24. The molecule has 2 fully saturated rings. The Kier molecular flexibility index (Phi) is 3.60. The van der Waals surface area contributed by atoms with E-state index in [4.69, 9.17) is 10.5 Å². The van der Waals surface area contributed by atoms with Gasteiger partial charge >= 0.3 is 0 Å². The van der Waals surface area contributed by atoms with Crippen LogP contribution in [0, 0.1) is 5.41 Å². The number of fused-ring (bicyclic) bond motifs is 1. The summed E-state index contributed by atoms with van der Waals surface area (Å²) in [5.74, 6) is 0.933. The molecular formula is C14H18BrN5OS. The number of anilines is 1. The van der Waals surface area contributed by atoms with Crippen molar-refractivity contribution in [3.8, 4) is 0 Å². The van der Waals surface area contributed by atoms with Crippen LogP contribution in [-0.2, 0) is 4.74 Å². The van der Waals surface area contributed by atoms with Crippen LogP contribution < -0.4 is 10.6 Å². The second kappa shape index (κ2) is 5.36. The summed E-state index contributed by atoms with van der Waals surface area (Å²) in [7, 11) is 0. The van der Waals surface area contributed by atoms with Crippen LogP contribution in [0.2, 0.25) is 0 Å². The van der Waals surface area contributed by atoms with Crippen LogP contribution in [0.3, 0.4) is 0 Å². The van der Waals surface area contributed by atoms with E-state index < -0.39 is 0 Å². The van der Waals surface area contributed by atoms with Gasteiger partial charge in [0.05, 0.1) is 28.9 Å². The lowest BCUT2D eigenvalue weighted by atomic mass is 9.73. The number of nitrogens with zero attached hydrogens (tertiary/aromatic N) is 4. The first kappa shape index (κ1) is 14.7. The molecule has 0 aromatic carbocycles. The van der Waals surface area contributed by atoms with Crippen molar-refractivity contribution in [2.24, 2.45) is 11.1 Å². The lowest BCUT2D eigenvalue weighted by Crippen LogP contribution is -2.50. The van der Waals surface area contributed by atoms with Gasteiger partial charge < -0.3 is 15.4 Å². The van der Waals surface area contributed by atoms with Crippen molar-refractivity contribution >= 4 is 44.5 Å². The first-order valence-corrected chi connectivity index (χ1v) is 9.02. The van der Waals surface area contributed by atoms with Crippen molar-refractivity contribution in [2.45, 2.75) is 31.9 Å². The molecule has 6 nitrogen and oxygen atoms in total. The van der Waals surface area contributed by atoms with Crippen molar-refractivity contribution < 1.29 is 4.74 Å². The molecule has 0 unspecified atom stereocenters. The van der Waals surface area contributed by atoms with Gasteiger partial charge in [-0.1, -0.05) is 0 Å². The zero-order valence-corrected chi connectivity index (χ0v) is 14.7. The van der Waals surface area contributed by atoms with Crippen LogP contribution >= 0.6 is 27.7 Å². The Morgan fingerprint density at radius 1 is 1.36 bits per heavy atom. The van der Waals surface area contributed by atoms with Crippen LogP contribution in [0.1, 0.15) is 19.8 Å². The van der Waals surface area contributed by atoms with Gasteiger partial charge in [-0.2, -0.15) is 8.75 Å². The molecule has 0 bridgehead atoms. The van der Waals surface area contributed by atoms with Gasteiger partial charge in [-0.15, -0.1) is 0 Å². The largest absolute Gasteiger partial charge is 0.376 e. The second-order valence-corrected chi connectivity index (χ2v) is 7.67. The number of piperidine rings is 1. The van der Waals surface area contributed by atoms with Crippen molar-refractivity contribution in [2.75, 3.05) is 24.6 Å². The Labute approximate surface area is 141 Å². The van der Waals surface area contributed by atoms with Gasteiger partial charge in [0.25, 0.3) is 0 Å². The van der Waals surface area contributed by atoms with E-state index in [0.29, 0.717) is 0 Å². The van der Waals surface area contributed by atoms with Crippen molar-refractivity contribution in [3.63, 3.8) is 0 Å². The van der Waals surface area contributed by atoms with E-state index in [1.807, 2.05) is 6.20 Å². The Morgan fingerprint density at radius 2 is 2.09 bits per heavy atom. The first-order chi connectivity index (χ1) is 10.6. The molecule has 0 aliphatic carbocycles. The van der Waals surface area contributed by atoms with Gasteiger partial charge in [0, 0.05) is 30.7 Å². The van der Waals surface area contributed by atoms with E-state index in [1.54, 1.807) is 0 Å². The summed E-state index contributed by atoms with van der Waals surface area (Å²) in [6.07, 6.45) is 4.05. The lowest BCUT2D eigenvalue weighted by Gasteiger charge is -2.41. The number of hydrogen-bond donors (Lipinski definition) is 1.